The number of hydrogen-bond donors (Lipinski definition) is 2. The Morgan fingerprint density at radius 1 is 0.796 bits per heavy atom. The molecule has 49 heavy (non-hydrogen) atoms. The van der Waals surface area contributed by atoms with E-state index in [0.717, 1.165) is 49.8 Å². The lowest BCUT2D eigenvalue weighted by atomic mass is 9.96. The van der Waals surface area contributed by atoms with Crippen LogP contribution in [0.5, 0.6) is 17.5 Å². The van der Waals surface area contributed by atoms with Crippen molar-refractivity contribution in [2.45, 2.75) is 64.0 Å². The Morgan fingerprint density at radius 3 is 2.14 bits per heavy atom. The molecule has 0 radical (unpaired) electrons. The van der Waals surface area contributed by atoms with E-state index in [9.17, 15) is 9.59 Å². The molecule has 2 N–H and O–H groups in total. The first-order valence-corrected chi connectivity index (χ1v) is 16.9. The van der Waals surface area contributed by atoms with Gasteiger partial charge in [0.1, 0.15) is 17.3 Å². The zero-order chi connectivity index (χ0) is 34.3. The molecule has 4 aromatic rings. The van der Waals surface area contributed by atoms with Gasteiger partial charge in [-0.25, -0.2) is 14.4 Å². The number of benzene rings is 2. The highest BCUT2D eigenvalue weighted by Crippen LogP contribution is 2.41. The zero-order valence-corrected chi connectivity index (χ0v) is 28.3. The SMILES string of the molecule is COc1nc(-c2cccc(-c3cccc(-c4ccc(CNC[C@@H]5CCC(=O)C5)c(OC)n4)c3OC)c2F)ccc1CCC[C@@H]1CCC(=O)N1. The largest absolute Gasteiger partial charge is 0.495 e. The van der Waals surface area contributed by atoms with Crippen LogP contribution in [0.15, 0.2) is 60.7 Å². The van der Waals surface area contributed by atoms with Crippen LogP contribution < -0.4 is 24.8 Å². The molecule has 256 valence electrons. The molecule has 9 nitrogen and oxygen atoms in total. The highest BCUT2D eigenvalue weighted by Gasteiger charge is 2.23. The number of ketones is 1. The van der Waals surface area contributed by atoms with Crippen LogP contribution in [0.25, 0.3) is 33.6 Å². The lowest BCUT2D eigenvalue weighted by molar-refractivity contribution is -0.119. The number of pyridine rings is 2. The van der Waals surface area contributed by atoms with Crippen LogP contribution in [-0.4, -0.2) is 55.6 Å². The summed E-state index contributed by atoms with van der Waals surface area (Å²) in [7, 11) is 4.73. The number of aryl methyl sites for hydroxylation is 1. The van der Waals surface area contributed by atoms with Crippen molar-refractivity contribution in [2.75, 3.05) is 27.9 Å². The molecule has 2 aliphatic rings. The first-order chi connectivity index (χ1) is 23.9. The van der Waals surface area contributed by atoms with Crippen LogP contribution in [0.1, 0.15) is 56.1 Å². The van der Waals surface area contributed by atoms with Gasteiger partial charge in [0.15, 0.2) is 0 Å². The predicted molar refractivity (Wildman–Crippen MR) is 186 cm³/mol. The summed E-state index contributed by atoms with van der Waals surface area (Å²) >= 11 is 0. The first-order valence-electron chi connectivity index (χ1n) is 16.9. The fraction of sp³-hybridized carbons (Fsp3) is 0.385. The minimum atomic E-state index is -0.423. The number of halogens is 1. The van der Waals surface area contributed by atoms with Crippen LogP contribution in [0.2, 0.25) is 0 Å². The third kappa shape index (κ3) is 7.75. The van der Waals surface area contributed by atoms with Crippen molar-refractivity contribution in [2.24, 2.45) is 5.92 Å². The lowest BCUT2D eigenvalue weighted by Gasteiger charge is -2.17. The van der Waals surface area contributed by atoms with E-state index in [1.807, 2.05) is 48.5 Å². The third-order valence-corrected chi connectivity index (χ3v) is 9.50. The summed E-state index contributed by atoms with van der Waals surface area (Å²) in [5.41, 5.74) is 4.95. The van der Waals surface area contributed by atoms with E-state index in [0.29, 0.717) is 88.7 Å². The molecule has 2 fully saturated rings. The maximum Gasteiger partial charge on any atom is 0.220 e. The second-order valence-corrected chi connectivity index (χ2v) is 12.8. The van der Waals surface area contributed by atoms with Gasteiger partial charge in [-0.3, -0.25) is 9.59 Å². The van der Waals surface area contributed by atoms with Crippen LogP contribution in [-0.2, 0) is 22.6 Å². The summed E-state index contributed by atoms with van der Waals surface area (Å²) in [6, 6.07) is 18.7. The molecule has 0 bridgehead atoms. The highest BCUT2D eigenvalue weighted by molar-refractivity contribution is 5.84. The first kappa shape index (κ1) is 34.0. The smallest absolute Gasteiger partial charge is 0.220 e. The third-order valence-electron chi connectivity index (χ3n) is 9.50. The van der Waals surface area contributed by atoms with Gasteiger partial charge in [-0.2, -0.15) is 0 Å². The van der Waals surface area contributed by atoms with Gasteiger partial charge in [0.2, 0.25) is 17.7 Å². The van der Waals surface area contributed by atoms with E-state index >= 15 is 4.39 Å². The molecular weight excluding hydrogens is 623 g/mol. The van der Waals surface area contributed by atoms with E-state index in [4.69, 9.17) is 24.2 Å². The summed E-state index contributed by atoms with van der Waals surface area (Å²) in [5, 5.41) is 6.46. The number of rotatable bonds is 14. The van der Waals surface area contributed by atoms with Crippen molar-refractivity contribution >= 4 is 11.7 Å². The number of methoxy groups -OCH3 is 3. The molecule has 1 saturated heterocycles. The van der Waals surface area contributed by atoms with Gasteiger partial charge in [0, 0.05) is 65.2 Å². The summed E-state index contributed by atoms with van der Waals surface area (Å²) in [6.45, 7) is 1.34. The maximum absolute atomic E-state index is 16.4. The number of Topliss-reactive ketones (excluding diaryl/α,β-unsaturated/α-hetero) is 1. The predicted octanol–water partition coefficient (Wildman–Crippen LogP) is 6.70. The van der Waals surface area contributed by atoms with E-state index in [2.05, 4.69) is 10.6 Å². The number of hydrogen-bond acceptors (Lipinski definition) is 8. The second kappa shape index (κ2) is 15.6. The zero-order valence-electron chi connectivity index (χ0n) is 28.3. The van der Waals surface area contributed by atoms with Gasteiger partial charge in [-0.05, 0) is 68.8 Å². The van der Waals surface area contributed by atoms with Crippen molar-refractivity contribution in [3.05, 3.63) is 77.6 Å². The van der Waals surface area contributed by atoms with Crippen LogP contribution in [0, 0.1) is 11.7 Å². The van der Waals surface area contributed by atoms with Gasteiger partial charge >= 0.3 is 0 Å². The van der Waals surface area contributed by atoms with E-state index in [-0.39, 0.29) is 11.9 Å². The number of nitrogens with one attached hydrogen (secondary N) is 2. The monoisotopic (exact) mass is 666 g/mol. The fourth-order valence-electron chi connectivity index (χ4n) is 6.93. The van der Waals surface area contributed by atoms with E-state index < -0.39 is 5.82 Å². The van der Waals surface area contributed by atoms with Crippen molar-refractivity contribution in [3.63, 3.8) is 0 Å². The molecule has 2 atom stereocenters. The molecular formula is C39H43FN4O5. The molecule has 1 amide bonds. The number of amides is 1. The maximum atomic E-state index is 16.4. The normalized spacial score (nSPS) is 17.3. The summed E-state index contributed by atoms with van der Waals surface area (Å²) in [6.07, 6.45) is 6.22. The summed E-state index contributed by atoms with van der Waals surface area (Å²) < 4.78 is 33.6. The molecule has 10 heteroatoms. The minimum absolute atomic E-state index is 0.118. The Bertz CT molecular complexity index is 1830. The van der Waals surface area contributed by atoms with Crippen molar-refractivity contribution in [1.29, 1.82) is 0 Å². The molecule has 3 heterocycles. The van der Waals surface area contributed by atoms with Crippen molar-refractivity contribution in [1.82, 2.24) is 20.6 Å². The molecule has 1 aliphatic carbocycles. The number of nitrogens with zero attached hydrogens (tertiary/aromatic N) is 2. The molecule has 1 saturated carbocycles. The topological polar surface area (TPSA) is 112 Å². The van der Waals surface area contributed by atoms with Crippen LogP contribution in [0.4, 0.5) is 4.39 Å². The van der Waals surface area contributed by atoms with Gasteiger partial charge in [-0.15, -0.1) is 0 Å². The average Bonchev–Trinajstić information content (AvgIpc) is 3.74. The Hall–Kier alpha value is -4.83. The van der Waals surface area contributed by atoms with E-state index in [1.54, 1.807) is 33.5 Å². The second-order valence-electron chi connectivity index (χ2n) is 12.8. The Kier molecular flexibility index (Phi) is 10.8. The molecule has 0 spiro atoms. The van der Waals surface area contributed by atoms with Gasteiger partial charge in [0.05, 0.1) is 32.7 Å². The number of ether oxygens (including phenoxy) is 3. The lowest BCUT2D eigenvalue weighted by Crippen LogP contribution is -2.25. The molecule has 2 aromatic carbocycles. The Labute approximate surface area is 286 Å². The number of aromatic nitrogens is 2. The fourth-order valence-corrected chi connectivity index (χ4v) is 6.93. The molecule has 6 rings (SSSR count). The summed E-state index contributed by atoms with van der Waals surface area (Å²) in [5.74, 6) is 1.85. The van der Waals surface area contributed by atoms with Gasteiger partial charge in [-0.1, -0.05) is 36.4 Å². The minimum Gasteiger partial charge on any atom is -0.495 e. The highest BCUT2D eigenvalue weighted by atomic mass is 19.1. The van der Waals surface area contributed by atoms with Gasteiger partial charge in [0.25, 0.3) is 0 Å². The van der Waals surface area contributed by atoms with Crippen molar-refractivity contribution in [3.8, 4) is 51.2 Å². The van der Waals surface area contributed by atoms with Crippen LogP contribution >= 0.6 is 0 Å². The molecule has 0 unspecified atom stereocenters. The molecule has 1 aliphatic heterocycles. The number of para-hydroxylation sites is 1. The number of carbonyl (C=O) groups is 2. The standard InChI is InChI=1S/C39H43FN4O5/c1-47-37-30(10-6-12-32(37)34-19-15-26(39(44-34)49-3)23-41-22-24-13-17-28(45)21-24)29-9-5-11-31(36(29)40)33-18-14-25(38(43-33)48-2)7-4-8-27-16-20-35(46)42-27/h5-6,9-12,14-15,18-19,24,27,41H,4,7-8,13,16-17,20-23H2,1-3H3,(H,42,46)/t24-,27-/m1/s1. The van der Waals surface area contributed by atoms with E-state index in [1.165, 1.54) is 0 Å². The molecule has 2 aromatic heterocycles. The van der Waals surface area contributed by atoms with Crippen LogP contribution in [0.3, 0.4) is 0 Å². The van der Waals surface area contributed by atoms with Gasteiger partial charge < -0.3 is 24.8 Å². The Morgan fingerprint density at radius 2 is 1.47 bits per heavy atom. The Balaban J connectivity index is 1.23. The quantitative estimate of drug-likeness (QED) is 0.153. The summed E-state index contributed by atoms with van der Waals surface area (Å²) in [4.78, 5) is 32.6. The average molecular weight is 667 g/mol. The van der Waals surface area contributed by atoms with Crippen molar-refractivity contribution < 1.29 is 28.2 Å². The number of carbonyl (C=O) groups excluding carboxylic acids is 2.